The molecular weight excluding hydrogens is 252 g/mol. The fourth-order valence-corrected chi connectivity index (χ4v) is 2.46. The molecule has 0 amide bonds. The molecule has 0 fully saturated rings. The van der Waals surface area contributed by atoms with E-state index in [4.69, 9.17) is 4.74 Å². The Morgan fingerprint density at radius 1 is 1.17 bits per heavy atom. The Morgan fingerprint density at radius 2 is 1.89 bits per heavy atom. The third-order valence-electron chi connectivity index (χ3n) is 2.28. The van der Waals surface area contributed by atoms with Gasteiger partial charge in [0.25, 0.3) is 0 Å². The van der Waals surface area contributed by atoms with E-state index in [-0.39, 0.29) is 12.3 Å². The summed E-state index contributed by atoms with van der Waals surface area (Å²) < 4.78 is 30.9. The molecule has 0 heterocycles. The summed E-state index contributed by atoms with van der Waals surface area (Å²) >= 11 is 0. The van der Waals surface area contributed by atoms with Crippen molar-refractivity contribution in [3.63, 3.8) is 0 Å². The van der Waals surface area contributed by atoms with E-state index in [1.807, 2.05) is 30.3 Å². The van der Waals surface area contributed by atoms with Gasteiger partial charge in [-0.1, -0.05) is 18.2 Å². The van der Waals surface area contributed by atoms with Crippen molar-refractivity contribution in [1.29, 1.82) is 0 Å². The highest BCUT2D eigenvalue weighted by Gasteiger charge is 2.08. The van der Waals surface area contributed by atoms with Crippen LogP contribution in [0.1, 0.15) is 6.42 Å². The molecule has 0 radical (unpaired) electrons. The zero-order chi connectivity index (χ0) is 13.3. The standard InChI is InChI=1S/C12H20N2O3S/c1-13-8-5-11-18(15,16)14-9-10-17-12-6-3-2-4-7-12/h2-4,6-7,13-14H,5,8-11H2,1H3. The summed E-state index contributed by atoms with van der Waals surface area (Å²) in [5, 5.41) is 2.91. The van der Waals surface area contributed by atoms with Crippen LogP contribution in [0.3, 0.4) is 0 Å². The van der Waals surface area contributed by atoms with E-state index in [0.29, 0.717) is 19.6 Å². The molecule has 1 rings (SSSR count). The van der Waals surface area contributed by atoms with E-state index in [1.54, 1.807) is 7.05 Å². The van der Waals surface area contributed by atoms with Crippen molar-refractivity contribution in [3.8, 4) is 5.75 Å². The zero-order valence-corrected chi connectivity index (χ0v) is 11.4. The molecule has 0 spiro atoms. The van der Waals surface area contributed by atoms with Gasteiger partial charge in [0.05, 0.1) is 5.75 Å². The normalized spacial score (nSPS) is 11.4. The minimum atomic E-state index is -3.18. The van der Waals surface area contributed by atoms with Crippen molar-refractivity contribution in [2.45, 2.75) is 6.42 Å². The smallest absolute Gasteiger partial charge is 0.211 e. The monoisotopic (exact) mass is 272 g/mol. The Labute approximate surface area is 109 Å². The van der Waals surface area contributed by atoms with Gasteiger partial charge in [-0.05, 0) is 32.1 Å². The van der Waals surface area contributed by atoms with E-state index < -0.39 is 10.0 Å². The number of para-hydroxylation sites is 1. The Hall–Kier alpha value is -1.11. The van der Waals surface area contributed by atoms with Gasteiger partial charge in [0.1, 0.15) is 12.4 Å². The lowest BCUT2D eigenvalue weighted by Crippen LogP contribution is -2.31. The number of sulfonamides is 1. The summed E-state index contributed by atoms with van der Waals surface area (Å²) in [6.07, 6.45) is 0.603. The molecule has 0 aliphatic heterocycles. The van der Waals surface area contributed by atoms with Gasteiger partial charge in [0.2, 0.25) is 10.0 Å². The average Bonchev–Trinajstić information content (AvgIpc) is 2.36. The van der Waals surface area contributed by atoms with Gasteiger partial charge in [-0.3, -0.25) is 0 Å². The first-order valence-electron chi connectivity index (χ1n) is 5.94. The van der Waals surface area contributed by atoms with E-state index >= 15 is 0 Å². The van der Waals surface area contributed by atoms with Gasteiger partial charge in [-0.25, -0.2) is 13.1 Å². The molecule has 102 valence electrons. The predicted molar refractivity (Wildman–Crippen MR) is 72.3 cm³/mol. The lowest BCUT2D eigenvalue weighted by molar-refractivity contribution is 0.323. The Balaban J connectivity index is 2.17. The maximum atomic E-state index is 11.5. The van der Waals surface area contributed by atoms with Gasteiger partial charge in [0, 0.05) is 6.54 Å². The first kappa shape index (κ1) is 14.9. The molecule has 6 heteroatoms. The van der Waals surface area contributed by atoms with Crippen LogP contribution in [-0.2, 0) is 10.0 Å². The van der Waals surface area contributed by atoms with E-state index in [1.165, 1.54) is 0 Å². The Morgan fingerprint density at radius 3 is 2.56 bits per heavy atom. The minimum absolute atomic E-state index is 0.138. The molecule has 18 heavy (non-hydrogen) atoms. The van der Waals surface area contributed by atoms with Crippen molar-refractivity contribution >= 4 is 10.0 Å². The van der Waals surface area contributed by atoms with Crippen LogP contribution in [0.5, 0.6) is 5.75 Å². The van der Waals surface area contributed by atoms with Crippen LogP contribution in [0.25, 0.3) is 0 Å². The highest BCUT2D eigenvalue weighted by Crippen LogP contribution is 2.07. The van der Waals surface area contributed by atoms with Crippen molar-refractivity contribution in [2.75, 3.05) is 32.5 Å². The summed E-state index contributed by atoms with van der Waals surface area (Å²) in [5.41, 5.74) is 0. The van der Waals surface area contributed by atoms with Gasteiger partial charge >= 0.3 is 0 Å². The summed E-state index contributed by atoms with van der Waals surface area (Å²) in [6.45, 7) is 1.31. The molecule has 0 aliphatic carbocycles. The second kappa shape index (κ2) is 8.07. The third kappa shape index (κ3) is 6.58. The molecule has 2 N–H and O–H groups in total. The first-order chi connectivity index (χ1) is 8.64. The van der Waals surface area contributed by atoms with Gasteiger partial charge in [-0.15, -0.1) is 0 Å². The first-order valence-corrected chi connectivity index (χ1v) is 7.59. The number of rotatable bonds is 9. The second-order valence-corrected chi connectivity index (χ2v) is 5.76. The molecule has 0 bridgehead atoms. The largest absolute Gasteiger partial charge is 0.492 e. The maximum absolute atomic E-state index is 11.5. The average molecular weight is 272 g/mol. The SMILES string of the molecule is CNCCCS(=O)(=O)NCCOc1ccccc1. The molecule has 5 nitrogen and oxygen atoms in total. The summed E-state index contributed by atoms with van der Waals surface area (Å²) in [7, 11) is -1.38. The topological polar surface area (TPSA) is 67.4 Å². The molecule has 0 aliphatic rings. The van der Waals surface area contributed by atoms with Crippen LogP contribution >= 0.6 is 0 Å². The second-order valence-electron chi connectivity index (χ2n) is 3.83. The van der Waals surface area contributed by atoms with Crippen LogP contribution in [0.4, 0.5) is 0 Å². The van der Waals surface area contributed by atoms with Crippen LogP contribution < -0.4 is 14.8 Å². The van der Waals surface area contributed by atoms with E-state index in [0.717, 1.165) is 5.75 Å². The lowest BCUT2D eigenvalue weighted by Gasteiger charge is -2.08. The highest BCUT2D eigenvalue weighted by atomic mass is 32.2. The van der Waals surface area contributed by atoms with Crippen molar-refractivity contribution in [1.82, 2.24) is 10.0 Å². The molecule has 1 aromatic rings. The highest BCUT2D eigenvalue weighted by molar-refractivity contribution is 7.89. The molecule has 0 saturated carbocycles. The molecular formula is C12H20N2O3S. The quantitative estimate of drug-likeness (QED) is 0.646. The number of ether oxygens (including phenoxy) is 1. The molecule has 0 saturated heterocycles. The fourth-order valence-electron chi connectivity index (χ4n) is 1.39. The molecule has 0 aromatic heterocycles. The molecule has 1 aromatic carbocycles. The van der Waals surface area contributed by atoms with Crippen LogP contribution in [0, 0.1) is 0 Å². The van der Waals surface area contributed by atoms with Gasteiger partial charge in [0.15, 0.2) is 0 Å². The molecule has 0 unspecified atom stereocenters. The van der Waals surface area contributed by atoms with Crippen LogP contribution in [-0.4, -0.2) is 40.9 Å². The van der Waals surface area contributed by atoms with Gasteiger partial charge in [-0.2, -0.15) is 0 Å². The molecule has 0 atom stereocenters. The number of nitrogens with one attached hydrogen (secondary N) is 2. The zero-order valence-electron chi connectivity index (χ0n) is 10.6. The van der Waals surface area contributed by atoms with Crippen molar-refractivity contribution in [2.24, 2.45) is 0 Å². The van der Waals surface area contributed by atoms with Gasteiger partial charge < -0.3 is 10.1 Å². The number of hydrogen-bond acceptors (Lipinski definition) is 4. The Kier molecular flexibility index (Phi) is 6.70. The Bertz CT molecular complexity index is 420. The van der Waals surface area contributed by atoms with Crippen LogP contribution in [0.2, 0.25) is 0 Å². The number of benzene rings is 1. The summed E-state index contributed by atoms with van der Waals surface area (Å²) in [5.74, 6) is 0.881. The number of hydrogen-bond donors (Lipinski definition) is 2. The predicted octanol–water partition coefficient (Wildman–Crippen LogP) is 0.594. The third-order valence-corrected chi connectivity index (χ3v) is 3.75. The minimum Gasteiger partial charge on any atom is -0.492 e. The fraction of sp³-hybridized carbons (Fsp3) is 0.500. The maximum Gasteiger partial charge on any atom is 0.211 e. The van der Waals surface area contributed by atoms with E-state index in [9.17, 15) is 8.42 Å². The van der Waals surface area contributed by atoms with Crippen molar-refractivity contribution < 1.29 is 13.2 Å². The van der Waals surface area contributed by atoms with E-state index in [2.05, 4.69) is 10.0 Å². The van der Waals surface area contributed by atoms with Crippen LogP contribution in [0.15, 0.2) is 30.3 Å². The van der Waals surface area contributed by atoms with Crippen molar-refractivity contribution in [3.05, 3.63) is 30.3 Å². The summed E-state index contributed by atoms with van der Waals surface area (Å²) in [6, 6.07) is 9.31. The summed E-state index contributed by atoms with van der Waals surface area (Å²) in [4.78, 5) is 0. The lowest BCUT2D eigenvalue weighted by atomic mass is 10.3.